The molecule has 0 spiro atoms. The SMILES string of the molecule is CC(C)CC(Cl)CNCc1cc(F)cc(F)c1. The third-order valence-electron chi connectivity index (χ3n) is 2.34. The van der Waals surface area contributed by atoms with Gasteiger partial charge in [0, 0.05) is 24.5 Å². The van der Waals surface area contributed by atoms with Gasteiger partial charge in [0.15, 0.2) is 0 Å². The van der Waals surface area contributed by atoms with Crippen LogP contribution in [0.4, 0.5) is 8.78 Å². The van der Waals surface area contributed by atoms with Crippen molar-refractivity contribution in [3.05, 3.63) is 35.4 Å². The molecule has 1 unspecified atom stereocenters. The summed E-state index contributed by atoms with van der Waals surface area (Å²) in [6.45, 7) is 5.28. The molecule has 4 heteroatoms. The van der Waals surface area contributed by atoms with Crippen LogP contribution in [0, 0.1) is 17.6 Å². The molecular weight excluding hydrogens is 244 g/mol. The van der Waals surface area contributed by atoms with Gasteiger partial charge in [-0.15, -0.1) is 11.6 Å². The standard InChI is InChI=1S/C13H18ClF2N/c1-9(2)3-11(14)8-17-7-10-4-12(15)6-13(16)5-10/h4-6,9,11,17H,3,7-8H2,1-2H3. The van der Waals surface area contributed by atoms with Crippen molar-refractivity contribution in [1.29, 1.82) is 0 Å². The van der Waals surface area contributed by atoms with Crippen molar-refractivity contribution in [1.82, 2.24) is 5.32 Å². The first-order chi connectivity index (χ1) is 7.97. The van der Waals surface area contributed by atoms with Gasteiger partial charge < -0.3 is 5.32 Å². The Morgan fingerprint density at radius 3 is 2.29 bits per heavy atom. The molecule has 0 aliphatic rings. The van der Waals surface area contributed by atoms with E-state index in [4.69, 9.17) is 11.6 Å². The first kappa shape index (κ1) is 14.4. The van der Waals surface area contributed by atoms with E-state index in [0.717, 1.165) is 12.5 Å². The van der Waals surface area contributed by atoms with Crippen LogP contribution in [0.5, 0.6) is 0 Å². The molecule has 0 fully saturated rings. The largest absolute Gasteiger partial charge is 0.311 e. The van der Waals surface area contributed by atoms with Gasteiger partial charge in [-0.2, -0.15) is 0 Å². The van der Waals surface area contributed by atoms with Gasteiger partial charge in [-0.25, -0.2) is 8.78 Å². The Morgan fingerprint density at radius 2 is 1.76 bits per heavy atom. The average Bonchev–Trinajstić information content (AvgIpc) is 2.14. The first-order valence-electron chi connectivity index (χ1n) is 5.77. The molecule has 0 heterocycles. The molecule has 1 nitrogen and oxygen atoms in total. The molecule has 17 heavy (non-hydrogen) atoms. The van der Waals surface area contributed by atoms with Crippen LogP contribution in [0.2, 0.25) is 0 Å². The maximum atomic E-state index is 12.9. The van der Waals surface area contributed by atoms with E-state index in [9.17, 15) is 8.78 Å². The maximum Gasteiger partial charge on any atom is 0.126 e. The average molecular weight is 262 g/mol. The summed E-state index contributed by atoms with van der Waals surface area (Å²) < 4.78 is 25.8. The Hall–Kier alpha value is -0.670. The molecule has 0 aliphatic heterocycles. The zero-order valence-corrected chi connectivity index (χ0v) is 10.9. The lowest BCUT2D eigenvalue weighted by Gasteiger charge is -2.13. The molecule has 1 rings (SSSR count). The van der Waals surface area contributed by atoms with Crippen LogP contribution < -0.4 is 5.32 Å². The van der Waals surface area contributed by atoms with E-state index in [0.29, 0.717) is 24.6 Å². The quantitative estimate of drug-likeness (QED) is 0.770. The summed E-state index contributed by atoms with van der Waals surface area (Å²) in [5, 5.41) is 3.15. The Morgan fingerprint density at radius 1 is 1.18 bits per heavy atom. The van der Waals surface area contributed by atoms with Crippen molar-refractivity contribution in [2.75, 3.05) is 6.54 Å². The Balaban J connectivity index is 2.35. The van der Waals surface area contributed by atoms with Crippen LogP contribution in [0.25, 0.3) is 0 Å². The van der Waals surface area contributed by atoms with Crippen molar-refractivity contribution >= 4 is 11.6 Å². The maximum absolute atomic E-state index is 12.9. The second kappa shape index (κ2) is 6.92. The molecule has 0 saturated carbocycles. The summed E-state index contributed by atoms with van der Waals surface area (Å²) in [6.07, 6.45) is 0.923. The highest BCUT2D eigenvalue weighted by Crippen LogP contribution is 2.11. The van der Waals surface area contributed by atoms with E-state index in [1.807, 2.05) is 0 Å². The predicted molar refractivity (Wildman–Crippen MR) is 67.2 cm³/mol. The third-order valence-corrected chi connectivity index (χ3v) is 2.68. The lowest BCUT2D eigenvalue weighted by atomic mass is 10.1. The van der Waals surface area contributed by atoms with Crippen molar-refractivity contribution in [3.8, 4) is 0 Å². The number of hydrogen-bond acceptors (Lipinski definition) is 1. The van der Waals surface area contributed by atoms with Crippen LogP contribution >= 0.6 is 11.6 Å². The summed E-state index contributed by atoms with van der Waals surface area (Å²) in [7, 11) is 0. The zero-order valence-electron chi connectivity index (χ0n) is 10.1. The van der Waals surface area contributed by atoms with E-state index >= 15 is 0 Å². The summed E-state index contributed by atoms with van der Waals surface area (Å²) >= 11 is 6.09. The lowest BCUT2D eigenvalue weighted by molar-refractivity contribution is 0.531. The molecule has 0 saturated heterocycles. The molecule has 96 valence electrons. The summed E-state index contributed by atoms with van der Waals surface area (Å²) in [5.74, 6) is -0.552. The number of benzene rings is 1. The van der Waals surface area contributed by atoms with E-state index < -0.39 is 11.6 Å². The predicted octanol–water partition coefficient (Wildman–Crippen LogP) is 3.71. The van der Waals surface area contributed by atoms with E-state index in [2.05, 4.69) is 19.2 Å². The van der Waals surface area contributed by atoms with E-state index in [1.165, 1.54) is 12.1 Å². The van der Waals surface area contributed by atoms with Gasteiger partial charge in [0.05, 0.1) is 0 Å². The highest BCUT2D eigenvalue weighted by molar-refractivity contribution is 6.20. The number of hydrogen-bond donors (Lipinski definition) is 1. The molecule has 1 atom stereocenters. The van der Waals surface area contributed by atoms with Gasteiger partial charge in [-0.1, -0.05) is 13.8 Å². The molecular formula is C13H18ClF2N. The van der Waals surface area contributed by atoms with Gasteiger partial charge in [-0.05, 0) is 30.0 Å². The van der Waals surface area contributed by atoms with Gasteiger partial charge in [0.25, 0.3) is 0 Å². The van der Waals surface area contributed by atoms with Crippen molar-refractivity contribution in [2.24, 2.45) is 5.92 Å². The normalized spacial score (nSPS) is 13.1. The van der Waals surface area contributed by atoms with Crippen LogP contribution in [0.1, 0.15) is 25.8 Å². The molecule has 1 aromatic rings. The molecule has 0 bridgehead atoms. The van der Waals surface area contributed by atoms with Crippen LogP contribution in [-0.2, 0) is 6.54 Å². The molecule has 0 amide bonds. The number of alkyl halides is 1. The Labute approximate surface area is 106 Å². The fourth-order valence-corrected chi connectivity index (χ4v) is 2.15. The topological polar surface area (TPSA) is 12.0 Å². The minimum absolute atomic E-state index is 0.0495. The summed E-state index contributed by atoms with van der Waals surface area (Å²) in [6, 6.07) is 3.51. The highest BCUT2D eigenvalue weighted by atomic mass is 35.5. The van der Waals surface area contributed by atoms with Gasteiger partial charge in [0.1, 0.15) is 11.6 Å². The minimum Gasteiger partial charge on any atom is -0.311 e. The minimum atomic E-state index is -0.550. The number of rotatable bonds is 6. The second-order valence-electron chi connectivity index (χ2n) is 4.64. The van der Waals surface area contributed by atoms with Gasteiger partial charge in [-0.3, -0.25) is 0 Å². The van der Waals surface area contributed by atoms with Crippen molar-refractivity contribution < 1.29 is 8.78 Å². The summed E-state index contributed by atoms with van der Waals surface area (Å²) in [4.78, 5) is 0. The number of nitrogens with one attached hydrogen (secondary N) is 1. The van der Waals surface area contributed by atoms with Crippen LogP contribution in [0.3, 0.4) is 0 Å². The van der Waals surface area contributed by atoms with Crippen LogP contribution in [-0.4, -0.2) is 11.9 Å². The van der Waals surface area contributed by atoms with Crippen molar-refractivity contribution in [2.45, 2.75) is 32.2 Å². The monoisotopic (exact) mass is 261 g/mol. The van der Waals surface area contributed by atoms with Crippen molar-refractivity contribution in [3.63, 3.8) is 0 Å². The molecule has 0 aliphatic carbocycles. The van der Waals surface area contributed by atoms with Gasteiger partial charge >= 0.3 is 0 Å². The zero-order chi connectivity index (χ0) is 12.8. The molecule has 1 aromatic carbocycles. The number of halogens is 3. The first-order valence-corrected chi connectivity index (χ1v) is 6.20. The molecule has 1 N–H and O–H groups in total. The lowest BCUT2D eigenvalue weighted by Crippen LogP contribution is -2.24. The fraction of sp³-hybridized carbons (Fsp3) is 0.538. The van der Waals surface area contributed by atoms with Crippen LogP contribution in [0.15, 0.2) is 18.2 Å². The summed E-state index contributed by atoms with van der Waals surface area (Å²) in [5.41, 5.74) is 0.593. The van der Waals surface area contributed by atoms with E-state index in [-0.39, 0.29) is 5.38 Å². The highest BCUT2D eigenvalue weighted by Gasteiger charge is 2.07. The third kappa shape index (κ3) is 5.99. The van der Waals surface area contributed by atoms with Gasteiger partial charge in [0.2, 0.25) is 0 Å². The molecule has 0 radical (unpaired) electrons. The van der Waals surface area contributed by atoms with E-state index in [1.54, 1.807) is 0 Å². The fourth-order valence-electron chi connectivity index (χ4n) is 1.68. The smallest absolute Gasteiger partial charge is 0.126 e. The second-order valence-corrected chi connectivity index (χ2v) is 5.25. The molecule has 0 aromatic heterocycles. The Bertz CT molecular complexity index is 335. The Kier molecular flexibility index (Phi) is 5.86.